The zero-order chi connectivity index (χ0) is 15.5. The van der Waals surface area contributed by atoms with Gasteiger partial charge < -0.3 is 15.7 Å². The smallest absolute Gasteiger partial charge is 0.315 e. The fourth-order valence-corrected chi connectivity index (χ4v) is 3.66. The van der Waals surface area contributed by atoms with E-state index >= 15 is 0 Å². The molecule has 21 heavy (non-hydrogen) atoms. The van der Waals surface area contributed by atoms with Crippen molar-refractivity contribution in [3.8, 4) is 0 Å². The van der Waals surface area contributed by atoms with Crippen molar-refractivity contribution in [2.24, 2.45) is 5.41 Å². The first-order valence-electron chi connectivity index (χ1n) is 7.60. The number of carbonyl (C=O) groups is 1. The van der Waals surface area contributed by atoms with Crippen LogP contribution >= 0.6 is 11.3 Å². The highest BCUT2D eigenvalue weighted by atomic mass is 32.1. The third-order valence-corrected chi connectivity index (χ3v) is 5.42. The van der Waals surface area contributed by atoms with Crippen LogP contribution < -0.4 is 10.6 Å². The third kappa shape index (κ3) is 3.74. The van der Waals surface area contributed by atoms with Gasteiger partial charge in [-0.3, -0.25) is 0 Å². The number of aromatic nitrogens is 1. The van der Waals surface area contributed by atoms with Crippen LogP contribution in [0.5, 0.6) is 0 Å². The average molecular weight is 311 g/mol. The summed E-state index contributed by atoms with van der Waals surface area (Å²) >= 11 is 1.63. The molecule has 0 bridgehead atoms. The molecule has 1 aliphatic rings. The molecule has 0 aliphatic heterocycles. The van der Waals surface area contributed by atoms with Crippen molar-refractivity contribution in [1.29, 1.82) is 0 Å². The molecule has 3 atom stereocenters. The highest BCUT2D eigenvalue weighted by molar-refractivity contribution is 7.09. The molecule has 6 heteroatoms. The van der Waals surface area contributed by atoms with Gasteiger partial charge in [-0.15, -0.1) is 11.3 Å². The number of rotatable bonds is 5. The molecule has 1 fully saturated rings. The molecular formula is C15H25N3O2S. The lowest BCUT2D eigenvalue weighted by Crippen LogP contribution is -2.49. The Balaban J connectivity index is 1.89. The highest BCUT2D eigenvalue weighted by Crippen LogP contribution is 2.37. The second-order valence-corrected chi connectivity index (χ2v) is 7.06. The largest absolute Gasteiger partial charge is 0.396 e. The zero-order valence-electron chi connectivity index (χ0n) is 13.0. The fourth-order valence-electron chi connectivity index (χ4n) is 2.83. The number of hydrogen-bond donors (Lipinski definition) is 3. The number of nitrogens with one attached hydrogen (secondary N) is 2. The van der Waals surface area contributed by atoms with Gasteiger partial charge >= 0.3 is 6.03 Å². The summed E-state index contributed by atoms with van der Waals surface area (Å²) in [4.78, 5) is 16.6. The molecule has 1 saturated carbocycles. The normalized spacial score (nSPS) is 26.6. The average Bonchev–Trinajstić information content (AvgIpc) is 3.07. The number of thiazole rings is 1. The molecule has 1 aromatic heterocycles. The van der Waals surface area contributed by atoms with Gasteiger partial charge in [0.25, 0.3) is 0 Å². The van der Waals surface area contributed by atoms with Crippen LogP contribution in [-0.4, -0.2) is 28.8 Å². The van der Waals surface area contributed by atoms with Crippen molar-refractivity contribution in [2.75, 3.05) is 6.61 Å². The van der Waals surface area contributed by atoms with E-state index in [1.165, 1.54) is 0 Å². The van der Waals surface area contributed by atoms with E-state index in [9.17, 15) is 9.90 Å². The van der Waals surface area contributed by atoms with E-state index in [0.717, 1.165) is 36.4 Å². The molecule has 3 N–H and O–H groups in total. The maximum Gasteiger partial charge on any atom is 0.315 e. The van der Waals surface area contributed by atoms with Gasteiger partial charge in [0.15, 0.2) is 0 Å². The molecule has 2 amide bonds. The van der Waals surface area contributed by atoms with Crippen molar-refractivity contribution >= 4 is 17.4 Å². The molecule has 3 unspecified atom stereocenters. The lowest BCUT2D eigenvalue weighted by atomic mass is 9.86. The van der Waals surface area contributed by atoms with Crippen LogP contribution in [0.4, 0.5) is 4.79 Å². The predicted molar refractivity (Wildman–Crippen MR) is 84.4 cm³/mol. The van der Waals surface area contributed by atoms with Gasteiger partial charge in [-0.05, 0) is 26.2 Å². The molecule has 1 aromatic rings. The third-order valence-electron chi connectivity index (χ3n) is 4.41. The molecule has 0 spiro atoms. The molecule has 1 heterocycles. The molecule has 0 saturated heterocycles. The van der Waals surface area contributed by atoms with Gasteiger partial charge in [0.2, 0.25) is 0 Å². The topological polar surface area (TPSA) is 74.2 Å². The number of amides is 2. The molecule has 0 radical (unpaired) electrons. The minimum Gasteiger partial charge on any atom is -0.396 e. The first kappa shape index (κ1) is 16.2. The number of aliphatic hydroxyl groups excluding tert-OH is 1. The molecule has 118 valence electrons. The number of nitrogens with zero attached hydrogens (tertiary/aromatic N) is 1. The minimum atomic E-state index is -0.198. The standard InChI is InChI=1S/C15H25N3O2S/c1-4-13-17-11(8-21-13)10(2)16-14(20)18-12-6-5-7-15(12,3)9-19/h8,10,12,19H,4-7,9H2,1-3H3,(H2,16,18,20). The van der Waals surface area contributed by atoms with E-state index in [4.69, 9.17) is 0 Å². The lowest BCUT2D eigenvalue weighted by molar-refractivity contribution is 0.121. The Labute approximate surface area is 130 Å². The first-order chi connectivity index (χ1) is 9.98. The van der Waals surface area contributed by atoms with Crippen LogP contribution in [0.3, 0.4) is 0 Å². The summed E-state index contributed by atoms with van der Waals surface area (Å²) in [5, 5.41) is 18.5. The number of urea groups is 1. The zero-order valence-corrected chi connectivity index (χ0v) is 13.8. The Hall–Kier alpha value is -1.14. The molecule has 1 aliphatic carbocycles. The summed E-state index contributed by atoms with van der Waals surface area (Å²) in [6.45, 7) is 6.15. The number of aryl methyl sites for hydroxylation is 1. The van der Waals surface area contributed by atoms with E-state index in [2.05, 4.69) is 22.5 Å². The number of hydrogen-bond acceptors (Lipinski definition) is 4. The van der Waals surface area contributed by atoms with E-state index in [1.54, 1.807) is 11.3 Å². The Morgan fingerprint density at radius 3 is 3.05 bits per heavy atom. The fraction of sp³-hybridized carbons (Fsp3) is 0.733. The van der Waals surface area contributed by atoms with Crippen molar-refractivity contribution in [1.82, 2.24) is 15.6 Å². The highest BCUT2D eigenvalue weighted by Gasteiger charge is 2.39. The predicted octanol–water partition coefficient (Wildman–Crippen LogP) is 2.62. The van der Waals surface area contributed by atoms with Gasteiger partial charge in [0.1, 0.15) is 0 Å². The van der Waals surface area contributed by atoms with E-state index in [1.807, 2.05) is 19.2 Å². The second kappa shape index (κ2) is 6.75. The van der Waals surface area contributed by atoms with Crippen LogP contribution in [0.2, 0.25) is 0 Å². The Kier molecular flexibility index (Phi) is 5.22. The molecule has 2 rings (SSSR count). The second-order valence-electron chi connectivity index (χ2n) is 6.12. The number of carbonyl (C=O) groups excluding carboxylic acids is 1. The maximum atomic E-state index is 12.1. The maximum absolute atomic E-state index is 12.1. The summed E-state index contributed by atoms with van der Waals surface area (Å²) in [7, 11) is 0. The summed E-state index contributed by atoms with van der Waals surface area (Å²) in [6, 6.07) is -0.250. The number of aliphatic hydroxyl groups is 1. The van der Waals surface area contributed by atoms with Gasteiger partial charge in [0.05, 0.1) is 23.4 Å². The summed E-state index contributed by atoms with van der Waals surface area (Å²) in [5.41, 5.74) is 0.708. The van der Waals surface area contributed by atoms with Crippen LogP contribution in [0.1, 0.15) is 56.8 Å². The van der Waals surface area contributed by atoms with Crippen LogP contribution in [0.25, 0.3) is 0 Å². The summed E-state index contributed by atoms with van der Waals surface area (Å²) < 4.78 is 0. The van der Waals surface area contributed by atoms with E-state index in [-0.39, 0.29) is 30.1 Å². The van der Waals surface area contributed by atoms with Gasteiger partial charge in [-0.25, -0.2) is 9.78 Å². The van der Waals surface area contributed by atoms with Crippen molar-refractivity contribution in [2.45, 2.75) is 58.5 Å². The molecule has 0 aromatic carbocycles. The van der Waals surface area contributed by atoms with Crippen LogP contribution in [-0.2, 0) is 6.42 Å². The van der Waals surface area contributed by atoms with Crippen molar-refractivity contribution in [3.63, 3.8) is 0 Å². The van der Waals surface area contributed by atoms with E-state index < -0.39 is 0 Å². The Bertz CT molecular complexity index is 491. The van der Waals surface area contributed by atoms with Gasteiger partial charge in [-0.2, -0.15) is 0 Å². The summed E-state index contributed by atoms with van der Waals surface area (Å²) in [5.74, 6) is 0. The quantitative estimate of drug-likeness (QED) is 0.782. The molecule has 5 nitrogen and oxygen atoms in total. The van der Waals surface area contributed by atoms with Crippen LogP contribution in [0, 0.1) is 5.41 Å². The summed E-state index contributed by atoms with van der Waals surface area (Å²) in [6.07, 6.45) is 3.84. The van der Waals surface area contributed by atoms with Crippen LogP contribution in [0.15, 0.2) is 5.38 Å². The SMILES string of the molecule is CCc1nc(C(C)NC(=O)NC2CCCC2(C)CO)cs1. The van der Waals surface area contributed by atoms with Gasteiger partial charge in [-0.1, -0.05) is 20.3 Å². The molecular weight excluding hydrogens is 286 g/mol. The minimum absolute atomic E-state index is 0.0383. The van der Waals surface area contributed by atoms with Gasteiger partial charge in [0, 0.05) is 16.8 Å². The Morgan fingerprint density at radius 2 is 2.43 bits per heavy atom. The lowest BCUT2D eigenvalue weighted by Gasteiger charge is -2.30. The first-order valence-corrected chi connectivity index (χ1v) is 8.48. The monoisotopic (exact) mass is 311 g/mol. The van der Waals surface area contributed by atoms with Crippen molar-refractivity contribution in [3.05, 3.63) is 16.1 Å². The Morgan fingerprint density at radius 1 is 1.67 bits per heavy atom. The van der Waals surface area contributed by atoms with Crippen molar-refractivity contribution < 1.29 is 9.90 Å². The van der Waals surface area contributed by atoms with E-state index in [0.29, 0.717) is 0 Å².